The maximum absolute atomic E-state index is 5.62. The number of hydrogen-bond donors (Lipinski definition) is 2. The molecule has 2 aromatic rings. The average Bonchev–Trinajstić information content (AvgIpc) is 2.54. The van der Waals surface area contributed by atoms with E-state index in [2.05, 4.69) is 59.4 Å². The number of nitrogens with one attached hydrogen (secondary N) is 1. The van der Waals surface area contributed by atoms with E-state index >= 15 is 0 Å². The van der Waals surface area contributed by atoms with E-state index in [1.54, 1.807) is 6.20 Å². The zero-order valence-corrected chi connectivity index (χ0v) is 12.8. The van der Waals surface area contributed by atoms with Gasteiger partial charge in [0.15, 0.2) is 0 Å². The van der Waals surface area contributed by atoms with Gasteiger partial charge < -0.3 is 11.1 Å². The molecule has 0 fully saturated rings. The van der Waals surface area contributed by atoms with E-state index in [4.69, 9.17) is 5.73 Å². The molecule has 0 bridgehead atoms. The zero-order valence-electron chi connectivity index (χ0n) is 12.8. The van der Waals surface area contributed by atoms with E-state index in [1.165, 1.54) is 5.56 Å². The lowest BCUT2D eigenvalue weighted by atomic mass is 10.1. The van der Waals surface area contributed by atoms with Crippen LogP contribution in [-0.4, -0.2) is 29.5 Å². The van der Waals surface area contributed by atoms with Crippen molar-refractivity contribution in [3.05, 3.63) is 54.2 Å². The third-order valence-corrected chi connectivity index (χ3v) is 3.72. The van der Waals surface area contributed by atoms with Crippen LogP contribution in [-0.2, 0) is 0 Å². The molecule has 1 aromatic carbocycles. The Morgan fingerprint density at radius 2 is 1.81 bits per heavy atom. The molecule has 0 aliphatic rings. The Kier molecular flexibility index (Phi) is 5.58. The van der Waals surface area contributed by atoms with Gasteiger partial charge in [-0.05, 0) is 30.8 Å². The fourth-order valence-electron chi connectivity index (χ4n) is 2.52. The number of anilines is 2. The van der Waals surface area contributed by atoms with Crippen LogP contribution in [0.25, 0.3) is 0 Å². The second-order valence-electron chi connectivity index (χ2n) is 5.00. The van der Waals surface area contributed by atoms with E-state index in [0.29, 0.717) is 11.9 Å². The van der Waals surface area contributed by atoms with Crippen LogP contribution in [0.5, 0.6) is 0 Å². The van der Waals surface area contributed by atoms with E-state index in [0.717, 1.165) is 25.3 Å². The van der Waals surface area contributed by atoms with Gasteiger partial charge in [0.05, 0.1) is 17.9 Å². The minimum atomic E-state index is 0.346. The Labute approximate surface area is 127 Å². The summed E-state index contributed by atoms with van der Waals surface area (Å²) in [7, 11) is 0. The molecule has 0 radical (unpaired) electrons. The van der Waals surface area contributed by atoms with Gasteiger partial charge in [-0.25, -0.2) is 4.98 Å². The van der Waals surface area contributed by atoms with Crippen LogP contribution in [0.15, 0.2) is 48.7 Å². The SMILES string of the molecule is CCN(CC)C(CNc1ccc(N)nc1)c1ccccc1. The van der Waals surface area contributed by atoms with Crippen LogP contribution in [0.2, 0.25) is 0 Å². The summed E-state index contributed by atoms with van der Waals surface area (Å²) in [6.45, 7) is 7.29. The molecule has 1 heterocycles. The van der Waals surface area contributed by atoms with Gasteiger partial charge in [0.1, 0.15) is 5.82 Å². The van der Waals surface area contributed by atoms with Crippen molar-refractivity contribution in [2.75, 3.05) is 30.7 Å². The van der Waals surface area contributed by atoms with Gasteiger partial charge in [0, 0.05) is 6.54 Å². The number of benzene rings is 1. The zero-order chi connectivity index (χ0) is 15.1. The number of hydrogen-bond acceptors (Lipinski definition) is 4. The molecule has 0 spiro atoms. The number of pyridine rings is 1. The molecule has 0 saturated carbocycles. The smallest absolute Gasteiger partial charge is 0.123 e. The lowest BCUT2D eigenvalue weighted by Gasteiger charge is -2.30. The number of aromatic nitrogens is 1. The lowest BCUT2D eigenvalue weighted by molar-refractivity contribution is 0.228. The summed E-state index contributed by atoms with van der Waals surface area (Å²) >= 11 is 0. The Morgan fingerprint density at radius 1 is 1.10 bits per heavy atom. The van der Waals surface area contributed by atoms with Gasteiger partial charge >= 0.3 is 0 Å². The molecule has 1 atom stereocenters. The van der Waals surface area contributed by atoms with Crippen LogP contribution in [0.3, 0.4) is 0 Å². The average molecular weight is 284 g/mol. The minimum Gasteiger partial charge on any atom is -0.384 e. The van der Waals surface area contributed by atoms with Crippen molar-refractivity contribution in [1.29, 1.82) is 0 Å². The molecule has 3 N–H and O–H groups in total. The highest BCUT2D eigenvalue weighted by Gasteiger charge is 2.17. The third-order valence-electron chi connectivity index (χ3n) is 3.72. The first-order chi connectivity index (χ1) is 10.2. The molecule has 0 aliphatic carbocycles. The van der Waals surface area contributed by atoms with E-state index in [1.807, 2.05) is 12.1 Å². The first kappa shape index (κ1) is 15.3. The van der Waals surface area contributed by atoms with Gasteiger partial charge in [-0.3, -0.25) is 4.90 Å². The van der Waals surface area contributed by atoms with Crippen LogP contribution in [0.1, 0.15) is 25.5 Å². The van der Waals surface area contributed by atoms with E-state index in [9.17, 15) is 0 Å². The molecule has 0 amide bonds. The molecular formula is C17H24N4. The second kappa shape index (κ2) is 7.64. The van der Waals surface area contributed by atoms with Crippen molar-refractivity contribution in [3.8, 4) is 0 Å². The molecule has 4 nitrogen and oxygen atoms in total. The van der Waals surface area contributed by atoms with Crippen molar-refractivity contribution < 1.29 is 0 Å². The summed E-state index contributed by atoms with van der Waals surface area (Å²) in [4.78, 5) is 6.57. The number of nitrogen functional groups attached to an aromatic ring is 1. The molecule has 21 heavy (non-hydrogen) atoms. The highest BCUT2D eigenvalue weighted by Crippen LogP contribution is 2.21. The van der Waals surface area contributed by atoms with Crippen LogP contribution < -0.4 is 11.1 Å². The normalized spacial score (nSPS) is 12.3. The Morgan fingerprint density at radius 3 is 2.38 bits per heavy atom. The van der Waals surface area contributed by atoms with Gasteiger partial charge in [0.25, 0.3) is 0 Å². The lowest BCUT2D eigenvalue weighted by Crippen LogP contribution is -2.33. The van der Waals surface area contributed by atoms with Crippen molar-refractivity contribution in [2.24, 2.45) is 0 Å². The largest absolute Gasteiger partial charge is 0.384 e. The summed E-state index contributed by atoms with van der Waals surface area (Å²) in [6.07, 6.45) is 1.78. The van der Waals surface area contributed by atoms with E-state index in [-0.39, 0.29) is 0 Å². The highest BCUT2D eigenvalue weighted by molar-refractivity contribution is 5.45. The first-order valence-electron chi connectivity index (χ1n) is 7.49. The summed E-state index contributed by atoms with van der Waals surface area (Å²) in [5.74, 6) is 0.545. The summed E-state index contributed by atoms with van der Waals surface area (Å²) in [5.41, 5.74) is 7.95. The molecule has 1 aromatic heterocycles. The fourth-order valence-corrected chi connectivity index (χ4v) is 2.52. The topological polar surface area (TPSA) is 54.2 Å². The standard InChI is InChI=1S/C17H24N4/c1-3-21(4-2)16(14-8-6-5-7-9-14)13-19-15-10-11-17(18)20-12-15/h5-12,16,19H,3-4,13H2,1-2H3,(H2,18,20). The van der Waals surface area contributed by atoms with Crippen molar-refractivity contribution in [2.45, 2.75) is 19.9 Å². The molecular weight excluding hydrogens is 260 g/mol. The van der Waals surface area contributed by atoms with Crippen molar-refractivity contribution in [3.63, 3.8) is 0 Å². The fraction of sp³-hybridized carbons (Fsp3) is 0.353. The van der Waals surface area contributed by atoms with Crippen LogP contribution in [0, 0.1) is 0 Å². The maximum atomic E-state index is 5.62. The number of nitrogens with zero attached hydrogens (tertiary/aromatic N) is 2. The monoisotopic (exact) mass is 284 g/mol. The van der Waals surface area contributed by atoms with Crippen molar-refractivity contribution in [1.82, 2.24) is 9.88 Å². The Hall–Kier alpha value is -2.07. The number of rotatable bonds is 7. The quantitative estimate of drug-likeness (QED) is 0.820. The maximum Gasteiger partial charge on any atom is 0.123 e. The number of likely N-dealkylation sites (N-methyl/N-ethyl adjacent to an activating group) is 1. The van der Waals surface area contributed by atoms with Crippen molar-refractivity contribution >= 4 is 11.5 Å². The molecule has 4 heteroatoms. The van der Waals surface area contributed by atoms with Gasteiger partial charge in [-0.1, -0.05) is 44.2 Å². The third kappa shape index (κ3) is 4.20. The Bertz CT molecular complexity index is 520. The van der Waals surface area contributed by atoms with Gasteiger partial charge in [0.2, 0.25) is 0 Å². The summed E-state index contributed by atoms with van der Waals surface area (Å²) in [5, 5.41) is 3.46. The molecule has 2 rings (SSSR count). The van der Waals surface area contributed by atoms with Crippen LogP contribution >= 0.6 is 0 Å². The second-order valence-corrected chi connectivity index (χ2v) is 5.00. The highest BCUT2D eigenvalue weighted by atomic mass is 15.2. The molecule has 112 valence electrons. The molecule has 0 saturated heterocycles. The van der Waals surface area contributed by atoms with E-state index < -0.39 is 0 Å². The Balaban J connectivity index is 2.10. The summed E-state index contributed by atoms with van der Waals surface area (Å²) in [6, 6.07) is 14.7. The summed E-state index contributed by atoms with van der Waals surface area (Å²) < 4.78 is 0. The molecule has 1 unspecified atom stereocenters. The predicted molar refractivity (Wildman–Crippen MR) is 89.2 cm³/mol. The first-order valence-corrected chi connectivity index (χ1v) is 7.49. The minimum absolute atomic E-state index is 0.346. The predicted octanol–water partition coefficient (Wildman–Crippen LogP) is 3.16. The number of nitrogens with two attached hydrogens (primary N) is 1. The van der Waals surface area contributed by atoms with Gasteiger partial charge in [-0.15, -0.1) is 0 Å². The molecule has 0 aliphatic heterocycles. The van der Waals surface area contributed by atoms with Gasteiger partial charge in [-0.2, -0.15) is 0 Å². The van der Waals surface area contributed by atoms with Crippen LogP contribution in [0.4, 0.5) is 11.5 Å².